The molecule has 2 heterocycles. The molecule has 4 nitrogen and oxygen atoms in total. The highest BCUT2D eigenvalue weighted by Gasteiger charge is 2.25. The van der Waals surface area contributed by atoms with Crippen molar-refractivity contribution < 1.29 is 4.57 Å². The second-order valence-corrected chi connectivity index (χ2v) is 10.5. The Hall–Kier alpha value is -3.14. The van der Waals surface area contributed by atoms with Crippen LogP contribution in [0.1, 0.15) is 68.9 Å². The summed E-state index contributed by atoms with van der Waals surface area (Å²) in [6, 6.07) is 15.3. The van der Waals surface area contributed by atoms with Crippen molar-refractivity contribution in [1.82, 2.24) is 15.0 Å². The summed E-state index contributed by atoms with van der Waals surface area (Å²) in [5.41, 5.74) is 8.32. The summed E-state index contributed by atoms with van der Waals surface area (Å²) in [7, 11) is 2.14. The second kappa shape index (κ2) is 8.33. The largest absolute Gasteiger partial charge is 0.217 e. The number of para-hydroxylation sites is 1. The van der Waals surface area contributed by atoms with E-state index in [-0.39, 0.29) is 11.3 Å². The van der Waals surface area contributed by atoms with Gasteiger partial charge in [-0.1, -0.05) is 58.4 Å². The van der Waals surface area contributed by atoms with Crippen molar-refractivity contribution >= 4 is 10.9 Å². The highest BCUT2D eigenvalue weighted by atomic mass is 15.0. The number of hydrogen-bond donors (Lipinski definition) is 0. The Morgan fingerprint density at radius 1 is 0.848 bits per heavy atom. The van der Waals surface area contributed by atoms with Crippen LogP contribution in [0.3, 0.4) is 0 Å². The van der Waals surface area contributed by atoms with Crippen LogP contribution in [-0.4, -0.2) is 15.0 Å². The van der Waals surface area contributed by atoms with E-state index in [1.807, 2.05) is 0 Å². The fourth-order valence-electron chi connectivity index (χ4n) is 4.29. The number of hydrogen-bond acceptors (Lipinski definition) is 3. The number of aromatic nitrogens is 4. The van der Waals surface area contributed by atoms with Crippen molar-refractivity contribution in [3.63, 3.8) is 0 Å². The van der Waals surface area contributed by atoms with Crippen molar-refractivity contribution in [2.45, 2.75) is 66.7 Å². The van der Waals surface area contributed by atoms with Crippen molar-refractivity contribution in [2.75, 3.05) is 0 Å². The van der Waals surface area contributed by atoms with Gasteiger partial charge in [-0.3, -0.25) is 0 Å². The number of rotatable bonds is 3. The minimum Gasteiger partial charge on any atom is -0.217 e. The van der Waals surface area contributed by atoms with Crippen LogP contribution in [0, 0.1) is 20.8 Å². The summed E-state index contributed by atoms with van der Waals surface area (Å²) in [5, 5.41) is 1.14. The average molecular weight is 440 g/mol. The minimum atomic E-state index is -0.163. The van der Waals surface area contributed by atoms with Gasteiger partial charge in [0.2, 0.25) is 11.2 Å². The normalized spacial score (nSPS) is 12.1. The summed E-state index contributed by atoms with van der Waals surface area (Å²) in [6.45, 7) is 17.3. The molecular weight excluding hydrogens is 404 g/mol. The predicted octanol–water partition coefficient (Wildman–Crippen LogP) is 6.53. The number of benzene rings is 2. The molecule has 0 radical (unpaired) electrons. The molecule has 33 heavy (non-hydrogen) atoms. The Bertz CT molecular complexity index is 1360. The average Bonchev–Trinajstić information content (AvgIpc) is 2.76. The summed E-state index contributed by atoms with van der Waals surface area (Å²) < 4.78 is 2.29. The van der Waals surface area contributed by atoms with E-state index in [9.17, 15) is 0 Å². The van der Waals surface area contributed by atoms with Crippen LogP contribution < -0.4 is 4.57 Å². The molecule has 0 fully saturated rings. The van der Waals surface area contributed by atoms with E-state index in [0.29, 0.717) is 0 Å². The molecule has 170 valence electrons. The molecule has 0 unspecified atom stereocenters. The van der Waals surface area contributed by atoms with E-state index in [0.717, 1.165) is 39.6 Å². The van der Waals surface area contributed by atoms with Gasteiger partial charge in [0.25, 0.3) is 0 Å². The first kappa shape index (κ1) is 23.0. The van der Waals surface area contributed by atoms with Crippen molar-refractivity contribution in [2.24, 2.45) is 7.05 Å². The van der Waals surface area contributed by atoms with Crippen LogP contribution in [0.25, 0.3) is 33.5 Å². The lowest BCUT2D eigenvalue weighted by atomic mass is 9.94. The Kier molecular flexibility index (Phi) is 5.81. The Morgan fingerprint density at radius 2 is 1.55 bits per heavy atom. The third-order valence-electron chi connectivity index (χ3n) is 6.37. The van der Waals surface area contributed by atoms with Crippen molar-refractivity contribution in [3.8, 4) is 22.6 Å². The lowest BCUT2D eigenvalue weighted by molar-refractivity contribution is -0.633. The molecule has 0 spiro atoms. The zero-order valence-electron chi connectivity index (χ0n) is 21.4. The molecule has 0 aliphatic heterocycles. The van der Waals surface area contributed by atoms with Gasteiger partial charge >= 0.3 is 0 Å². The van der Waals surface area contributed by atoms with Gasteiger partial charge in [-0.05, 0) is 44.0 Å². The molecular formula is C29H35N4+. The molecule has 0 saturated heterocycles. The standard InChI is InChI=1S/C29H35N4/c1-17(2)26-30-27(32-28(31-26)29(6,7)8)23-16-25(22-15-18(3)14-19(4)20(22)5)33(9)24-13-11-10-12-21(23)24/h10-17H,1-9H3/q+1. The van der Waals surface area contributed by atoms with E-state index < -0.39 is 0 Å². The van der Waals surface area contributed by atoms with E-state index in [2.05, 4.69) is 109 Å². The highest BCUT2D eigenvalue weighted by molar-refractivity contribution is 5.92. The molecule has 0 aliphatic rings. The number of aryl methyl sites for hydroxylation is 3. The van der Waals surface area contributed by atoms with Gasteiger partial charge in [-0.15, -0.1) is 0 Å². The van der Waals surface area contributed by atoms with Gasteiger partial charge in [0, 0.05) is 34.6 Å². The first-order chi connectivity index (χ1) is 15.5. The van der Waals surface area contributed by atoms with Gasteiger partial charge in [0.15, 0.2) is 5.82 Å². The van der Waals surface area contributed by atoms with Gasteiger partial charge in [-0.25, -0.2) is 15.0 Å². The summed E-state index contributed by atoms with van der Waals surface area (Å²) in [6.07, 6.45) is 0. The maximum atomic E-state index is 5.00. The Morgan fingerprint density at radius 3 is 2.21 bits per heavy atom. The lowest BCUT2D eigenvalue weighted by Crippen LogP contribution is -2.32. The van der Waals surface area contributed by atoms with Crippen LogP contribution in [-0.2, 0) is 12.5 Å². The fourth-order valence-corrected chi connectivity index (χ4v) is 4.29. The maximum absolute atomic E-state index is 5.00. The molecule has 0 aliphatic carbocycles. The van der Waals surface area contributed by atoms with Crippen molar-refractivity contribution in [3.05, 3.63) is 70.8 Å². The monoisotopic (exact) mass is 439 g/mol. The minimum absolute atomic E-state index is 0.163. The van der Waals surface area contributed by atoms with Crippen LogP contribution >= 0.6 is 0 Å². The molecule has 0 N–H and O–H groups in total. The molecule has 4 heteroatoms. The Balaban J connectivity index is 2.10. The zero-order valence-corrected chi connectivity index (χ0v) is 21.4. The van der Waals surface area contributed by atoms with Crippen LogP contribution in [0.4, 0.5) is 0 Å². The predicted molar refractivity (Wildman–Crippen MR) is 136 cm³/mol. The Labute approximate surface area is 197 Å². The molecule has 2 aromatic heterocycles. The molecule has 0 atom stereocenters. The van der Waals surface area contributed by atoms with E-state index >= 15 is 0 Å². The first-order valence-corrected chi connectivity index (χ1v) is 11.7. The van der Waals surface area contributed by atoms with Crippen LogP contribution in [0.15, 0.2) is 42.5 Å². The molecule has 0 bridgehead atoms. The van der Waals surface area contributed by atoms with Crippen molar-refractivity contribution in [1.29, 1.82) is 0 Å². The lowest BCUT2D eigenvalue weighted by Gasteiger charge is -2.19. The van der Waals surface area contributed by atoms with Gasteiger partial charge in [0.05, 0.1) is 5.39 Å². The number of nitrogens with zero attached hydrogens (tertiary/aromatic N) is 4. The summed E-state index contributed by atoms with van der Waals surface area (Å²) in [5.74, 6) is 2.64. The van der Waals surface area contributed by atoms with E-state index in [1.165, 1.54) is 22.3 Å². The van der Waals surface area contributed by atoms with E-state index in [4.69, 9.17) is 15.0 Å². The zero-order chi connectivity index (χ0) is 24.1. The molecule has 0 saturated carbocycles. The van der Waals surface area contributed by atoms with Gasteiger partial charge in [0.1, 0.15) is 18.7 Å². The molecule has 2 aromatic carbocycles. The third-order valence-corrected chi connectivity index (χ3v) is 6.37. The smallest absolute Gasteiger partial charge is 0.213 e. The third kappa shape index (κ3) is 4.27. The van der Waals surface area contributed by atoms with E-state index in [1.54, 1.807) is 0 Å². The second-order valence-electron chi connectivity index (χ2n) is 10.5. The first-order valence-electron chi connectivity index (χ1n) is 11.7. The quantitative estimate of drug-likeness (QED) is 0.341. The molecule has 4 rings (SSSR count). The SMILES string of the molecule is Cc1cc(C)c(C)c(-c2cc(-c3nc(C(C)C)nc(C(C)(C)C)n3)c3ccccc3[n+]2C)c1. The van der Waals surface area contributed by atoms with Crippen LogP contribution in [0.5, 0.6) is 0 Å². The fraction of sp³-hybridized carbons (Fsp3) is 0.379. The van der Waals surface area contributed by atoms with Gasteiger partial charge < -0.3 is 0 Å². The number of fused-ring (bicyclic) bond motifs is 1. The van der Waals surface area contributed by atoms with Gasteiger partial charge in [-0.2, -0.15) is 4.57 Å². The summed E-state index contributed by atoms with van der Waals surface area (Å²) in [4.78, 5) is 14.8. The maximum Gasteiger partial charge on any atom is 0.213 e. The van der Waals surface area contributed by atoms with Crippen LogP contribution in [0.2, 0.25) is 0 Å². The summed E-state index contributed by atoms with van der Waals surface area (Å²) >= 11 is 0. The molecule has 4 aromatic rings. The topological polar surface area (TPSA) is 42.6 Å². The molecule has 0 amide bonds. The highest BCUT2D eigenvalue weighted by Crippen LogP contribution is 2.33. The number of pyridine rings is 1.